The van der Waals surface area contributed by atoms with E-state index in [2.05, 4.69) is 4.98 Å². The van der Waals surface area contributed by atoms with Gasteiger partial charge in [-0.15, -0.1) is 0 Å². The van der Waals surface area contributed by atoms with Crippen molar-refractivity contribution in [1.82, 2.24) is 4.98 Å². The Morgan fingerprint density at radius 3 is 2.69 bits per heavy atom. The van der Waals surface area contributed by atoms with Crippen LogP contribution >= 0.6 is 11.6 Å². The fourth-order valence-corrected chi connectivity index (χ4v) is 2.12. The molecule has 0 atom stereocenters. The predicted octanol–water partition coefficient (Wildman–Crippen LogP) is 3.46. The van der Waals surface area contributed by atoms with E-state index in [1.165, 1.54) is 6.07 Å². The van der Waals surface area contributed by atoms with E-state index in [4.69, 9.17) is 11.6 Å². The SMILES string of the molecule is CC(C)c1[nH]c2ccc(O)c(Cl)c2c1C=O. The average molecular weight is 238 g/mol. The summed E-state index contributed by atoms with van der Waals surface area (Å²) >= 11 is 6.00. The van der Waals surface area contributed by atoms with Crippen molar-refractivity contribution < 1.29 is 9.90 Å². The number of halogens is 1. The van der Waals surface area contributed by atoms with Gasteiger partial charge in [0.05, 0.1) is 5.02 Å². The van der Waals surface area contributed by atoms with E-state index < -0.39 is 0 Å². The highest BCUT2D eigenvalue weighted by Gasteiger charge is 2.17. The van der Waals surface area contributed by atoms with Gasteiger partial charge in [-0.1, -0.05) is 25.4 Å². The molecule has 0 bridgehead atoms. The Hall–Kier alpha value is -1.48. The number of carbonyl (C=O) groups is 1. The van der Waals surface area contributed by atoms with E-state index in [1.54, 1.807) is 6.07 Å². The van der Waals surface area contributed by atoms with Crippen LogP contribution in [0.4, 0.5) is 0 Å². The van der Waals surface area contributed by atoms with Crippen LogP contribution in [-0.2, 0) is 0 Å². The number of benzene rings is 1. The minimum absolute atomic E-state index is 0.00780. The number of phenols is 1. The van der Waals surface area contributed by atoms with Gasteiger partial charge in [-0.25, -0.2) is 0 Å². The number of aromatic hydroxyl groups is 1. The minimum atomic E-state index is -0.00780. The first kappa shape index (κ1) is 11.0. The summed E-state index contributed by atoms with van der Waals surface area (Å²) in [6, 6.07) is 3.23. The van der Waals surface area contributed by atoms with E-state index in [0.717, 1.165) is 17.5 Å². The average Bonchev–Trinajstić information content (AvgIpc) is 2.62. The zero-order valence-electron chi connectivity index (χ0n) is 9.04. The van der Waals surface area contributed by atoms with Crippen molar-refractivity contribution in [2.24, 2.45) is 0 Å². The Kier molecular flexibility index (Phi) is 2.64. The number of aromatic nitrogens is 1. The third-order valence-electron chi connectivity index (χ3n) is 2.65. The maximum absolute atomic E-state index is 11.1. The van der Waals surface area contributed by atoms with E-state index >= 15 is 0 Å². The van der Waals surface area contributed by atoms with Crippen LogP contribution in [0.5, 0.6) is 5.75 Å². The maximum atomic E-state index is 11.1. The van der Waals surface area contributed by atoms with Crippen LogP contribution in [0.3, 0.4) is 0 Å². The smallest absolute Gasteiger partial charge is 0.152 e. The van der Waals surface area contributed by atoms with Gasteiger partial charge in [0.1, 0.15) is 5.75 Å². The summed E-state index contributed by atoms with van der Waals surface area (Å²) in [6.45, 7) is 3.98. The molecule has 0 spiro atoms. The molecular formula is C12H12ClNO2. The molecule has 2 aromatic rings. The number of fused-ring (bicyclic) bond motifs is 1. The van der Waals surface area contributed by atoms with Crippen LogP contribution in [0.2, 0.25) is 5.02 Å². The highest BCUT2D eigenvalue weighted by molar-refractivity contribution is 6.38. The molecule has 0 unspecified atom stereocenters. The number of aldehydes is 1. The summed E-state index contributed by atoms with van der Waals surface area (Å²) in [5, 5.41) is 10.3. The molecule has 16 heavy (non-hydrogen) atoms. The number of rotatable bonds is 2. The number of nitrogens with one attached hydrogen (secondary N) is 1. The molecule has 0 saturated carbocycles. The Balaban J connectivity index is 2.89. The molecule has 1 aromatic carbocycles. The third kappa shape index (κ3) is 1.48. The number of aromatic amines is 1. The Morgan fingerprint density at radius 1 is 1.44 bits per heavy atom. The molecule has 1 heterocycles. The third-order valence-corrected chi connectivity index (χ3v) is 3.03. The fourth-order valence-electron chi connectivity index (χ4n) is 1.86. The summed E-state index contributed by atoms with van der Waals surface area (Å²) < 4.78 is 0. The fraction of sp³-hybridized carbons (Fsp3) is 0.250. The van der Waals surface area contributed by atoms with Crippen LogP contribution in [0, 0.1) is 0 Å². The Bertz CT molecular complexity index is 558. The predicted molar refractivity (Wildman–Crippen MR) is 64.5 cm³/mol. The summed E-state index contributed by atoms with van der Waals surface area (Å²) in [5.41, 5.74) is 2.15. The molecule has 1 aromatic heterocycles. The van der Waals surface area contributed by atoms with Crippen molar-refractivity contribution in [2.45, 2.75) is 19.8 Å². The number of carbonyl (C=O) groups excluding carboxylic acids is 1. The van der Waals surface area contributed by atoms with Gasteiger partial charge in [0.2, 0.25) is 0 Å². The Morgan fingerprint density at radius 2 is 2.12 bits per heavy atom. The molecule has 84 valence electrons. The minimum Gasteiger partial charge on any atom is -0.506 e. The van der Waals surface area contributed by atoms with Gasteiger partial charge in [-0.05, 0) is 18.1 Å². The largest absolute Gasteiger partial charge is 0.506 e. The molecule has 2 rings (SSSR count). The molecule has 0 amide bonds. The van der Waals surface area contributed by atoms with Gasteiger partial charge < -0.3 is 10.1 Å². The van der Waals surface area contributed by atoms with Crippen molar-refractivity contribution in [1.29, 1.82) is 0 Å². The highest BCUT2D eigenvalue weighted by Crippen LogP contribution is 2.36. The van der Waals surface area contributed by atoms with Crippen molar-refractivity contribution in [3.63, 3.8) is 0 Å². The van der Waals surface area contributed by atoms with Crippen LogP contribution in [0.15, 0.2) is 12.1 Å². The summed E-state index contributed by atoms with van der Waals surface area (Å²) in [5.74, 6) is 0.192. The second-order valence-corrected chi connectivity index (χ2v) is 4.42. The van der Waals surface area contributed by atoms with Crippen molar-refractivity contribution in [2.75, 3.05) is 0 Å². The van der Waals surface area contributed by atoms with Gasteiger partial charge in [0, 0.05) is 22.2 Å². The van der Waals surface area contributed by atoms with Gasteiger partial charge in [-0.2, -0.15) is 0 Å². The first-order valence-electron chi connectivity index (χ1n) is 5.04. The van der Waals surface area contributed by atoms with Gasteiger partial charge in [-0.3, -0.25) is 4.79 Å². The number of hydrogen-bond acceptors (Lipinski definition) is 2. The van der Waals surface area contributed by atoms with Crippen molar-refractivity contribution in [3.8, 4) is 5.75 Å². The normalized spacial score (nSPS) is 11.2. The second-order valence-electron chi connectivity index (χ2n) is 4.05. The topological polar surface area (TPSA) is 53.1 Å². The summed E-state index contributed by atoms with van der Waals surface area (Å²) in [6.07, 6.45) is 0.777. The quantitative estimate of drug-likeness (QED) is 0.786. The van der Waals surface area contributed by atoms with Crippen LogP contribution < -0.4 is 0 Å². The molecular weight excluding hydrogens is 226 g/mol. The lowest BCUT2D eigenvalue weighted by atomic mass is 10.0. The highest BCUT2D eigenvalue weighted by atomic mass is 35.5. The number of phenolic OH excluding ortho intramolecular Hbond substituents is 1. The van der Waals surface area contributed by atoms with Gasteiger partial charge in [0.25, 0.3) is 0 Å². The molecule has 0 radical (unpaired) electrons. The van der Waals surface area contributed by atoms with E-state index in [9.17, 15) is 9.90 Å². The lowest BCUT2D eigenvalue weighted by Crippen LogP contribution is -1.92. The maximum Gasteiger partial charge on any atom is 0.152 e. The van der Waals surface area contributed by atoms with Crippen LogP contribution in [0.25, 0.3) is 10.9 Å². The molecule has 4 heteroatoms. The molecule has 0 aliphatic rings. The standard InChI is InChI=1S/C12H12ClNO2/c1-6(2)12-7(5-15)10-8(14-12)3-4-9(16)11(10)13/h3-6,14,16H,1-2H3. The lowest BCUT2D eigenvalue weighted by molar-refractivity contribution is 0.112. The zero-order valence-corrected chi connectivity index (χ0v) is 9.80. The molecule has 0 saturated heterocycles. The monoisotopic (exact) mass is 237 g/mol. The number of hydrogen-bond donors (Lipinski definition) is 2. The summed E-state index contributed by atoms with van der Waals surface area (Å²) in [7, 11) is 0. The van der Waals surface area contributed by atoms with E-state index in [0.29, 0.717) is 10.9 Å². The van der Waals surface area contributed by atoms with Crippen LogP contribution in [-0.4, -0.2) is 16.4 Å². The van der Waals surface area contributed by atoms with Crippen molar-refractivity contribution >= 4 is 28.8 Å². The zero-order chi connectivity index (χ0) is 11.9. The van der Waals surface area contributed by atoms with E-state index in [1.807, 2.05) is 13.8 Å². The molecule has 0 aliphatic carbocycles. The molecule has 2 N–H and O–H groups in total. The first-order chi connectivity index (χ1) is 7.56. The number of H-pyrrole nitrogens is 1. The second kappa shape index (κ2) is 3.83. The Labute approximate surface area is 98.0 Å². The van der Waals surface area contributed by atoms with Crippen molar-refractivity contribution in [3.05, 3.63) is 28.4 Å². The van der Waals surface area contributed by atoms with Gasteiger partial charge >= 0.3 is 0 Å². The molecule has 0 fully saturated rings. The van der Waals surface area contributed by atoms with Gasteiger partial charge in [0.15, 0.2) is 6.29 Å². The van der Waals surface area contributed by atoms with E-state index in [-0.39, 0.29) is 16.7 Å². The molecule has 0 aliphatic heterocycles. The summed E-state index contributed by atoms with van der Waals surface area (Å²) in [4.78, 5) is 14.3. The lowest BCUT2D eigenvalue weighted by Gasteiger charge is -2.02. The molecule has 3 nitrogen and oxygen atoms in total. The first-order valence-corrected chi connectivity index (χ1v) is 5.42. The van der Waals surface area contributed by atoms with Crippen LogP contribution in [0.1, 0.15) is 35.8 Å².